The Morgan fingerprint density at radius 2 is 1.36 bits per heavy atom. The van der Waals surface area contributed by atoms with Gasteiger partial charge in [0, 0.05) is 6.61 Å². The van der Waals surface area contributed by atoms with Crippen LogP contribution in [0, 0.1) is 0 Å². The predicted molar refractivity (Wildman–Crippen MR) is 43.4 cm³/mol. The Balaban J connectivity index is 2.69. The fourth-order valence-electron chi connectivity index (χ4n) is 0.986. The maximum absolute atomic E-state index is 8.45. The van der Waals surface area contributed by atoms with Crippen LogP contribution in [-0.2, 0) is 4.89 Å². The van der Waals surface area contributed by atoms with Crippen LogP contribution < -0.4 is 0 Å². The normalized spacial score (nSPS) is 10.4. The lowest BCUT2D eigenvalue weighted by Gasteiger charge is -1.98. The first kappa shape index (κ1) is 10.9. The summed E-state index contributed by atoms with van der Waals surface area (Å²) in [6, 6.07) is 0. The molecule has 0 saturated heterocycles. The highest BCUT2D eigenvalue weighted by Crippen LogP contribution is 2.04. The van der Waals surface area contributed by atoms with Crippen LogP contribution in [0.2, 0.25) is 0 Å². The molecule has 3 nitrogen and oxygen atoms in total. The van der Waals surface area contributed by atoms with Gasteiger partial charge in [-0.3, -0.25) is 5.26 Å². The van der Waals surface area contributed by atoms with E-state index < -0.39 is 0 Å². The third-order valence-electron chi connectivity index (χ3n) is 1.64. The highest BCUT2D eigenvalue weighted by molar-refractivity contribution is 4.43. The molecule has 68 valence electrons. The Kier molecular flexibility index (Phi) is 9.77. The van der Waals surface area contributed by atoms with E-state index in [0.29, 0.717) is 13.2 Å². The monoisotopic (exact) mass is 162 g/mol. The van der Waals surface area contributed by atoms with Gasteiger partial charge in [-0.25, -0.2) is 4.89 Å². The standard InChI is InChI=1S/C8H18O3/c9-7-5-3-1-2-4-6-8-11-10/h9-10H,1-8H2. The van der Waals surface area contributed by atoms with Crippen molar-refractivity contribution in [3.05, 3.63) is 0 Å². The van der Waals surface area contributed by atoms with E-state index in [4.69, 9.17) is 10.4 Å². The van der Waals surface area contributed by atoms with Crippen LogP contribution >= 0.6 is 0 Å². The number of hydrogen-bond acceptors (Lipinski definition) is 3. The van der Waals surface area contributed by atoms with Crippen molar-refractivity contribution in [1.82, 2.24) is 0 Å². The molecule has 0 aliphatic rings. The summed E-state index contributed by atoms with van der Waals surface area (Å²) < 4.78 is 0. The first-order valence-electron chi connectivity index (χ1n) is 4.29. The molecule has 0 bridgehead atoms. The molecule has 0 amide bonds. The highest BCUT2D eigenvalue weighted by atomic mass is 17.1. The van der Waals surface area contributed by atoms with E-state index in [9.17, 15) is 0 Å². The quantitative estimate of drug-likeness (QED) is 0.325. The molecule has 0 aliphatic carbocycles. The topological polar surface area (TPSA) is 49.7 Å². The van der Waals surface area contributed by atoms with Crippen LogP contribution in [0.25, 0.3) is 0 Å². The number of aliphatic hydroxyl groups is 1. The minimum absolute atomic E-state index is 0.305. The van der Waals surface area contributed by atoms with Gasteiger partial charge in [-0.05, 0) is 12.8 Å². The molecule has 0 atom stereocenters. The van der Waals surface area contributed by atoms with Gasteiger partial charge in [0.2, 0.25) is 0 Å². The van der Waals surface area contributed by atoms with Crippen molar-refractivity contribution in [3.63, 3.8) is 0 Å². The van der Waals surface area contributed by atoms with Crippen molar-refractivity contribution in [2.45, 2.75) is 38.5 Å². The number of aliphatic hydroxyl groups excluding tert-OH is 1. The summed E-state index contributed by atoms with van der Waals surface area (Å²) in [5, 5.41) is 16.4. The average Bonchev–Trinajstić information content (AvgIpc) is 2.03. The van der Waals surface area contributed by atoms with Crippen molar-refractivity contribution in [1.29, 1.82) is 0 Å². The van der Waals surface area contributed by atoms with E-state index >= 15 is 0 Å². The minimum Gasteiger partial charge on any atom is -0.396 e. The van der Waals surface area contributed by atoms with Gasteiger partial charge in [0.25, 0.3) is 0 Å². The summed E-state index contributed by atoms with van der Waals surface area (Å²) >= 11 is 0. The van der Waals surface area contributed by atoms with Gasteiger partial charge in [0.05, 0.1) is 6.61 Å². The SMILES string of the molecule is OCCCCCCCCOO. The molecule has 0 saturated carbocycles. The number of unbranched alkanes of at least 4 members (excludes halogenated alkanes) is 5. The minimum atomic E-state index is 0.305. The van der Waals surface area contributed by atoms with Gasteiger partial charge in [0.1, 0.15) is 0 Å². The molecular formula is C8H18O3. The lowest BCUT2D eigenvalue weighted by Crippen LogP contribution is -1.89. The van der Waals surface area contributed by atoms with Crippen LogP contribution in [-0.4, -0.2) is 23.6 Å². The zero-order valence-corrected chi connectivity index (χ0v) is 6.96. The Morgan fingerprint density at radius 3 is 1.91 bits per heavy atom. The lowest BCUT2D eigenvalue weighted by atomic mass is 10.1. The summed E-state index contributed by atoms with van der Waals surface area (Å²) in [6.07, 6.45) is 6.39. The molecule has 0 aliphatic heterocycles. The second-order valence-corrected chi connectivity index (χ2v) is 2.68. The molecule has 0 spiro atoms. The molecule has 3 heteroatoms. The second kappa shape index (κ2) is 9.88. The second-order valence-electron chi connectivity index (χ2n) is 2.68. The Labute approximate surface area is 67.9 Å². The molecule has 0 heterocycles. The van der Waals surface area contributed by atoms with Crippen molar-refractivity contribution in [2.24, 2.45) is 0 Å². The van der Waals surface area contributed by atoms with Crippen molar-refractivity contribution in [2.75, 3.05) is 13.2 Å². The van der Waals surface area contributed by atoms with Gasteiger partial charge in [-0.1, -0.05) is 25.7 Å². The molecule has 0 aromatic carbocycles. The van der Waals surface area contributed by atoms with Crippen LogP contribution in [0.15, 0.2) is 0 Å². The van der Waals surface area contributed by atoms with Gasteiger partial charge in [-0.15, -0.1) is 0 Å². The summed E-state index contributed by atoms with van der Waals surface area (Å²) in [4.78, 5) is 3.93. The molecule has 0 aromatic heterocycles. The molecule has 0 unspecified atom stereocenters. The smallest absolute Gasteiger partial charge is 0.0819 e. The van der Waals surface area contributed by atoms with Gasteiger partial charge in [-0.2, -0.15) is 0 Å². The Bertz CT molecular complexity index is 58.4. The van der Waals surface area contributed by atoms with Crippen LogP contribution in [0.5, 0.6) is 0 Å². The first-order chi connectivity index (χ1) is 5.41. The number of rotatable bonds is 8. The van der Waals surface area contributed by atoms with Gasteiger partial charge in [0.15, 0.2) is 0 Å². The van der Waals surface area contributed by atoms with Crippen LogP contribution in [0.4, 0.5) is 0 Å². The highest BCUT2D eigenvalue weighted by Gasteiger charge is 1.90. The maximum atomic E-state index is 8.45. The third kappa shape index (κ3) is 9.88. The van der Waals surface area contributed by atoms with Crippen LogP contribution in [0.1, 0.15) is 38.5 Å². The van der Waals surface area contributed by atoms with Crippen molar-refractivity contribution in [3.8, 4) is 0 Å². The van der Waals surface area contributed by atoms with Crippen molar-refractivity contribution >= 4 is 0 Å². The predicted octanol–water partition coefficient (Wildman–Crippen LogP) is 1.81. The molecular weight excluding hydrogens is 144 g/mol. The Hall–Kier alpha value is -0.120. The van der Waals surface area contributed by atoms with E-state index in [1.807, 2.05) is 0 Å². The number of hydrogen-bond donors (Lipinski definition) is 2. The molecule has 11 heavy (non-hydrogen) atoms. The fraction of sp³-hybridized carbons (Fsp3) is 1.00. The summed E-state index contributed by atoms with van der Waals surface area (Å²) in [5.74, 6) is 0. The van der Waals surface area contributed by atoms with E-state index in [1.54, 1.807) is 0 Å². The van der Waals surface area contributed by atoms with Crippen LogP contribution in [0.3, 0.4) is 0 Å². The third-order valence-corrected chi connectivity index (χ3v) is 1.64. The first-order valence-corrected chi connectivity index (χ1v) is 4.29. The average molecular weight is 162 g/mol. The summed E-state index contributed by atoms with van der Waals surface area (Å²) in [7, 11) is 0. The van der Waals surface area contributed by atoms with E-state index in [2.05, 4.69) is 4.89 Å². The summed E-state index contributed by atoms with van der Waals surface area (Å²) in [6.45, 7) is 0.750. The van der Waals surface area contributed by atoms with Crippen molar-refractivity contribution < 1.29 is 15.3 Å². The van der Waals surface area contributed by atoms with E-state index in [1.165, 1.54) is 12.8 Å². The zero-order chi connectivity index (χ0) is 8.36. The lowest BCUT2D eigenvalue weighted by molar-refractivity contribution is -0.242. The van der Waals surface area contributed by atoms with E-state index in [-0.39, 0.29) is 0 Å². The molecule has 0 aromatic rings. The fourth-order valence-corrected chi connectivity index (χ4v) is 0.986. The molecule has 0 fully saturated rings. The molecule has 0 rings (SSSR count). The van der Waals surface area contributed by atoms with E-state index in [0.717, 1.165) is 25.7 Å². The molecule has 0 radical (unpaired) electrons. The summed E-state index contributed by atoms with van der Waals surface area (Å²) in [5.41, 5.74) is 0. The maximum Gasteiger partial charge on any atom is 0.0819 e. The zero-order valence-electron chi connectivity index (χ0n) is 6.96. The van der Waals surface area contributed by atoms with Gasteiger partial charge < -0.3 is 5.11 Å². The Morgan fingerprint density at radius 1 is 0.818 bits per heavy atom. The largest absolute Gasteiger partial charge is 0.396 e. The van der Waals surface area contributed by atoms with Gasteiger partial charge >= 0.3 is 0 Å². The molecule has 2 N–H and O–H groups in total.